The maximum atomic E-state index is 7.34. The summed E-state index contributed by atoms with van der Waals surface area (Å²) in [6.45, 7) is 4.48. The summed E-state index contributed by atoms with van der Waals surface area (Å²) in [5.41, 5.74) is 4.42. The van der Waals surface area contributed by atoms with Crippen LogP contribution in [0.5, 0.6) is 5.75 Å². The van der Waals surface area contributed by atoms with E-state index in [4.69, 9.17) is 6.11 Å². The molecule has 0 heterocycles. The van der Waals surface area contributed by atoms with Crippen LogP contribution in [0.15, 0.2) is 54.6 Å². The van der Waals surface area contributed by atoms with Gasteiger partial charge in [-0.15, -0.1) is 0 Å². The van der Waals surface area contributed by atoms with Crippen molar-refractivity contribution in [2.24, 2.45) is 11.3 Å². The van der Waals surface area contributed by atoms with Crippen LogP contribution in [-0.2, 0) is 6.42 Å². The monoisotopic (exact) mass is 349 g/mol. The minimum atomic E-state index is -0.0450. The van der Waals surface area contributed by atoms with Crippen LogP contribution in [0.3, 0.4) is 0 Å². The fourth-order valence-corrected chi connectivity index (χ4v) is 3.73. The molecule has 0 radical (unpaired) electrons. The van der Waals surface area contributed by atoms with E-state index in [1.165, 1.54) is 43.2 Å². The Morgan fingerprint density at radius 2 is 1.92 bits per heavy atom. The number of ether oxygens (including phenoxy) is 1. The van der Waals surface area contributed by atoms with Crippen LogP contribution in [0, 0.1) is 18.3 Å². The Kier molecular flexibility index (Phi) is 5.74. The van der Waals surface area contributed by atoms with Crippen LogP contribution in [0.4, 0.5) is 0 Å². The zero-order valence-corrected chi connectivity index (χ0v) is 16.2. The summed E-state index contributed by atoms with van der Waals surface area (Å²) in [7, 11) is -0.0450. The van der Waals surface area contributed by atoms with E-state index in [-0.39, 0.29) is 7.09 Å². The summed E-state index contributed by atoms with van der Waals surface area (Å²) in [5.74, 6) is 1.32. The SMILES string of the molecule is [2H]COc1ccccc1/C=C/C(CCC1(CC)CC1)Cc1ccc(C)cc1. The third-order valence-corrected chi connectivity index (χ3v) is 5.99. The molecule has 0 spiro atoms. The Bertz CT molecular complexity index is 743. The van der Waals surface area contributed by atoms with Gasteiger partial charge in [0.15, 0.2) is 0 Å². The Balaban J connectivity index is 1.73. The zero-order chi connectivity index (χ0) is 19.1. The molecule has 0 saturated heterocycles. The first-order chi connectivity index (χ1) is 13.1. The lowest BCUT2D eigenvalue weighted by Gasteiger charge is -2.18. The van der Waals surface area contributed by atoms with E-state index in [1.54, 1.807) is 0 Å². The second-order valence-electron chi connectivity index (χ2n) is 7.88. The molecule has 1 fully saturated rings. The average Bonchev–Trinajstić information content (AvgIpc) is 3.47. The Labute approximate surface area is 160 Å². The van der Waals surface area contributed by atoms with E-state index < -0.39 is 0 Å². The van der Waals surface area contributed by atoms with Crippen LogP contribution >= 0.6 is 0 Å². The van der Waals surface area contributed by atoms with Crippen molar-refractivity contribution in [3.05, 3.63) is 71.3 Å². The van der Waals surface area contributed by atoms with Crippen molar-refractivity contribution in [1.29, 1.82) is 0 Å². The first-order valence-corrected chi connectivity index (χ1v) is 9.89. The van der Waals surface area contributed by atoms with Crippen molar-refractivity contribution in [2.75, 3.05) is 7.09 Å². The largest absolute Gasteiger partial charge is 0.496 e. The third-order valence-electron chi connectivity index (χ3n) is 5.99. The standard InChI is InChI=1S/C25H32O/c1-4-25(17-18-25)16-15-22(19-21-11-9-20(2)10-12-21)13-14-23-7-5-6-8-24(23)26-3/h5-14,22H,4,15-19H2,1-3H3/b14-13+/i3D. The second kappa shape index (κ2) is 8.58. The van der Waals surface area contributed by atoms with Crippen LogP contribution < -0.4 is 4.74 Å². The smallest absolute Gasteiger partial charge is 0.126 e. The van der Waals surface area contributed by atoms with Crippen LogP contribution in [0.25, 0.3) is 6.08 Å². The first kappa shape index (κ1) is 17.4. The molecule has 1 atom stereocenters. The zero-order valence-electron chi connectivity index (χ0n) is 17.2. The molecule has 1 aliphatic carbocycles. The van der Waals surface area contributed by atoms with E-state index in [9.17, 15) is 0 Å². The number of aryl methyl sites for hydroxylation is 1. The molecule has 0 N–H and O–H groups in total. The molecule has 1 unspecified atom stereocenters. The van der Waals surface area contributed by atoms with Gasteiger partial charge in [0.05, 0.1) is 8.46 Å². The normalized spacial score (nSPS) is 17.1. The lowest BCUT2D eigenvalue weighted by atomic mass is 9.87. The van der Waals surface area contributed by atoms with Gasteiger partial charge in [0, 0.05) is 5.56 Å². The maximum Gasteiger partial charge on any atom is 0.126 e. The highest BCUT2D eigenvalue weighted by Crippen LogP contribution is 2.53. The van der Waals surface area contributed by atoms with Crippen molar-refractivity contribution >= 4 is 6.08 Å². The summed E-state index contributed by atoms with van der Waals surface area (Å²) >= 11 is 0. The Morgan fingerprint density at radius 1 is 1.15 bits per heavy atom. The molecule has 1 saturated carbocycles. The van der Waals surface area contributed by atoms with Crippen molar-refractivity contribution in [3.8, 4) is 5.75 Å². The van der Waals surface area contributed by atoms with Gasteiger partial charge >= 0.3 is 0 Å². The van der Waals surface area contributed by atoms with E-state index in [0.717, 1.165) is 17.7 Å². The van der Waals surface area contributed by atoms with Gasteiger partial charge in [-0.1, -0.05) is 73.5 Å². The maximum absolute atomic E-state index is 7.34. The van der Waals surface area contributed by atoms with Gasteiger partial charge in [0.2, 0.25) is 0 Å². The lowest BCUT2D eigenvalue weighted by molar-refractivity contribution is 0.397. The van der Waals surface area contributed by atoms with E-state index in [2.05, 4.69) is 56.3 Å². The molecular weight excluding hydrogens is 316 g/mol. The van der Waals surface area contributed by atoms with Crippen molar-refractivity contribution in [1.82, 2.24) is 0 Å². The summed E-state index contributed by atoms with van der Waals surface area (Å²) in [6, 6.07) is 17.0. The van der Waals surface area contributed by atoms with E-state index in [0.29, 0.717) is 11.3 Å². The molecule has 1 heteroatoms. The molecule has 3 rings (SSSR count). The molecule has 0 bridgehead atoms. The molecule has 0 amide bonds. The fraction of sp³-hybridized carbons (Fsp3) is 0.440. The Morgan fingerprint density at radius 3 is 2.62 bits per heavy atom. The van der Waals surface area contributed by atoms with Crippen molar-refractivity contribution in [2.45, 2.75) is 52.4 Å². The molecule has 1 aliphatic rings. The average molecular weight is 350 g/mol. The van der Waals surface area contributed by atoms with Gasteiger partial charge in [-0.05, 0) is 62.0 Å². The van der Waals surface area contributed by atoms with Gasteiger partial charge in [0.1, 0.15) is 5.75 Å². The molecule has 26 heavy (non-hydrogen) atoms. The Hall–Kier alpha value is -2.02. The molecule has 1 nitrogen and oxygen atoms in total. The van der Waals surface area contributed by atoms with Crippen molar-refractivity contribution < 1.29 is 6.11 Å². The third kappa shape index (κ3) is 5.00. The van der Waals surface area contributed by atoms with Gasteiger partial charge in [-0.25, -0.2) is 0 Å². The number of allylic oxidation sites excluding steroid dienone is 1. The van der Waals surface area contributed by atoms with Crippen LogP contribution in [-0.4, -0.2) is 7.09 Å². The summed E-state index contributed by atoms with van der Waals surface area (Å²) in [6.07, 6.45) is 12.3. The molecule has 138 valence electrons. The molecule has 2 aromatic carbocycles. The summed E-state index contributed by atoms with van der Waals surface area (Å²) in [5, 5.41) is 0. The minimum absolute atomic E-state index is 0.0450. The summed E-state index contributed by atoms with van der Waals surface area (Å²) < 4.78 is 12.8. The first-order valence-electron chi connectivity index (χ1n) is 10.6. The highest BCUT2D eigenvalue weighted by molar-refractivity contribution is 5.57. The second-order valence-corrected chi connectivity index (χ2v) is 7.88. The van der Waals surface area contributed by atoms with Gasteiger partial charge < -0.3 is 4.74 Å². The topological polar surface area (TPSA) is 9.23 Å². The van der Waals surface area contributed by atoms with E-state index in [1.807, 2.05) is 18.2 Å². The number of benzene rings is 2. The van der Waals surface area contributed by atoms with Gasteiger partial charge in [0.25, 0.3) is 0 Å². The van der Waals surface area contributed by atoms with Crippen molar-refractivity contribution in [3.63, 3.8) is 0 Å². The minimum Gasteiger partial charge on any atom is -0.496 e. The number of hydrogen-bond acceptors (Lipinski definition) is 1. The number of rotatable bonds is 9. The molecular formula is C25H32O. The van der Waals surface area contributed by atoms with Crippen LogP contribution in [0.1, 0.15) is 57.1 Å². The highest BCUT2D eigenvalue weighted by Gasteiger charge is 2.40. The number of para-hydroxylation sites is 1. The quantitative estimate of drug-likeness (QED) is 0.481. The highest BCUT2D eigenvalue weighted by atomic mass is 16.5. The molecule has 0 aromatic heterocycles. The summed E-state index contributed by atoms with van der Waals surface area (Å²) in [4.78, 5) is 0. The number of methoxy groups -OCH3 is 1. The number of hydrogen-bond donors (Lipinski definition) is 0. The van der Waals surface area contributed by atoms with E-state index >= 15 is 0 Å². The van der Waals surface area contributed by atoms with Crippen LogP contribution in [0.2, 0.25) is 0 Å². The molecule has 0 aliphatic heterocycles. The predicted octanol–water partition coefficient (Wildman–Crippen LogP) is 6.85. The predicted molar refractivity (Wildman–Crippen MR) is 112 cm³/mol. The van der Waals surface area contributed by atoms with Gasteiger partial charge in [-0.2, -0.15) is 0 Å². The van der Waals surface area contributed by atoms with Gasteiger partial charge in [-0.3, -0.25) is 0 Å². The fourth-order valence-electron chi connectivity index (χ4n) is 3.73. The molecule has 2 aromatic rings. The lowest BCUT2D eigenvalue weighted by Crippen LogP contribution is -2.07.